The van der Waals surface area contributed by atoms with E-state index in [0.717, 1.165) is 0 Å². The van der Waals surface area contributed by atoms with Gasteiger partial charge in [0.05, 0.1) is 10.5 Å². The zero-order chi connectivity index (χ0) is 16.5. The molecule has 0 saturated carbocycles. The van der Waals surface area contributed by atoms with Gasteiger partial charge in [-0.2, -0.15) is 0 Å². The lowest BCUT2D eigenvalue weighted by atomic mass is 9.90. The van der Waals surface area contributed by atoms with Gasteiger partial charge in [-0.25, -0.2) is 0 Å². The summed E-state index contributed by atoms with van der Waals surface area (Å²) >= 11 is 5.91. The maximum absolute atomic E-state index is 12.6. The number of aliphatic hydroxyl groups is 1. The molecule has 1 aliphatic rings. The van der Waals surface area contributed by atoms with Crippen LogP contribution in [-0.4, -0.2) is 39.5 Å². The lowest BCUT2D eigenvalue weighted by Crippen LogP contribution is -2.50. The summed E-state index contributed by atoms with van der Waals surface area (Å²) in [5, 5.41) is 21.4. The van der Waals surface area contributed by atoms with Crippen molar-refractivity contribution in [2.75, 3.05) is 13.1 Å². The number of likely N-dealkylation sites (tertiary alicyclic amines) is 1. The van der Waals surface area contributed by atoms with E-state index < -0.39 is 10.5 Å². The fourth-order valence-electron chi connectivity index (χ4n) is 2.76. The molecule has 0 aliphatic carbocycles. The zero-order valence-electron chi connectivity index (χ0n) is 12.6. The first-order valence-corrected chi connectivity index (χ1v) is 7.61. The van der Waals surface area contributed by atoms with Crippen molar-refractivity contribution in [3.8, 4) is 0 Å². The number of piperidine rings is 1. The molecule has 1 amide bonds. The van der Waals surface area contributed by atoms with Gasteiger partial charge in [-0.3, -0.25) is 14.9 Å². The van der Waals surface area contributed by atoms with Crippen LogP contribution in [0.4, 0.5) is 5.69 Å². The molecule has 1 unspecified atom stereocenters. The predicted molar refractivity (Wildman–Crippen MR) is 83.2 cm³/mol. The zero-order valence-corrected chi connectivity index (χ0v) is 13.4. The van der Waals surface area contributed by atoms with Crippen molar-refractivity contribution < 1.29 is 14.8 Å². The van der Waals surface area contributed by atoms with Gasteiger partial charge >= 0.3 is 0 Å². The predicted octanol–water partition coefficient (Wildman–Crippen LogP) is 2.93. The Labute approximate surface area is 133 Å². The summed E-state index contributed by atoms with van der Waals surface area (Å²) in [6.45, 7) is 4.30. The summed E-state index contributed by atoms with van der Waals surface area (Å²) in [4.78, 5) is 24.6. The van der Waals surface area contributed by atoms with E-state index in [4.69, 9.17) is 11.6 Å². The highest BCUT2D eigenvalue weighted by molar-refractivity contribution is 6.33. The van der Waals surface area contributed by atoms with E-state index in [9.17, 15) is 20.0 Å². The molecule has 1 fully saturated rings. The largest absolute Gasteiger partial charge is 0.388 e. The first-order chi connectivity index (χ1) is 10.3. The molecule has 2 rings (SSSR count). The molecule has 120 valence electrons. The minimum Gasteiger partial charge on any atom is -0.388 e. The fraction of sp³-hybridized carbons (Fsp3) is 0.533. The smallest absolute Gasteiger partial charge is 0.288 e. The van der Waals surface area contributed by atoms with Crippen molar-refractivity contribution in [3.63, 3.8) is 0 Å². The molecule has 1 N–H and O–H groups in total. The van der Waals surface area contributed by atoms with Crippen molar-refractivity contribution in [1.82, 2.24) is 4.90 Å². The molecule has 1 aromatic carbocycles. The van der Waals surface area contributed by atoms with Crippen LogP contribution in [0, 0.1) is 17.0 Å². The van der Waals surface area contributed by atoms with Crippen LogP contribution in [0.15, 0.2) is 12.1 Å². The second kappa shape index (κ2) is 6.22. The number of nitro groups is 1. The standard InChI is InChI=1S/C15H19ClN2O4/c1-3-15(20)5-4-6-17(9-15)14(19)11-7-10(2)13(16)12(8-11)18(21)22/h7-8,20H,3-6,9H2,1-2H3. The molecule has 1 atom stereocenters. The lowest BCUT2D eigenvalue weighted by Gasteiger charge is -2.38. The SMILES string of the molecule is CCC1(O)CCCN(C(=O)c2cc(C)c(Cl)c([N+](=O)[O-])c2)C1. The van der Waals surface area contributed by atoms with Crippen LogP contribution >= 0.6 is 11.6 Å². The average Bonchev–Trinajstić information content (AvgIpc) is 2.49. The highest BCUT2D eigenvalue weighted by Gasteiger charge is 2.34. The Morgan fingerprint density at radius 3 is 2.82 bits per heavy atom. The number of aryl methyl sites for hydroxylation is 1. The van der Waals surface area contributed by atoms with Crippen molar-refractivity contribution >= 4 is 23.2 Å². The molecule has 1 heterocycles. The van der Waals surface area contributed by atoms with Gasteiger partial charge in [-0.05, 0) is 37.8 Å². The monoisotopic (exact) mass is 326 g/mol. The van der Waals surface area contributed by atoms with E-state index in [2.05, 4.69) is 0 Å². The third-order valence-corrected chi connectivity index (χ3v) is 4.67. The summed E-state index contributed by atoms with van der Waals surface area (Å²) in [6.07, 6.45) is 1.94. The van der Waals surface area contributed by atoms with E-state index in [1.807, 2.05) is 6.92 Å². The van der Waals surface area contributed by atoms with Crippen molar-refractivity contribution in [3.05, 3.63) is 38.4 Å². The Bertz CT molecular complexity index is 620. The third kappa shape index (κ3) is 3.23. The van der Waals surface area contributed by atoms with Gasteiger partial charge in [-0.15, -0.1) is 0 Å². The number of halogens is 1. The van der Waals surface area contributed by atoms with Crippen molar-refractivity contribution in [1.29, 1.82) is 0 Å². The topological polar surface area (TPSA) is 83.7 Å². The number of amides is 1. The highest BCUT2D eigenvalue weighted by Crippen LogP contribution is 2.31. The number of nitro benzene ring substituents is 1. The Morgan fingerprint density at radius 1 is 1.55 bits per heavy atom. The van der Waals surface area contributed by atoms with E-state index in [1.165, 1.54) is 6.07 Å². The van der Waals surface area contributed by atoms with E-state index >= 15 is 0 Å². The van der Waals surface area contributed by atoms with E-state index in [0.29, 0.717) is 31.4 Å². The molecule has 1 aromatic rings. The molecular weight excluding hydrogens is 308 g/mol. The molecule has 0 radical (unpaired) electrons. The minimum absolute atomic E-state index is 0.0465. The Hall–Kier alpha value is -1.66. The first kappa shape index (κ1) is 16.7. The first-order valence-electron chi connectivity index (χ1n) is 7.23. The number of benzene rings is 1. The molecule has 22 heavy (non-hydrogen) atoms. The third-order valence-electron chi connectivity index (χ3n) is 4.18. The van der Waals surface area contributed by atoms with Crippen LogP contribution in [0.25, 0.3) is 0 Å². The van der Waals surface area contributed by atoms with E-state index in [-0.39, 0.29) is 28.7 Å². The van der Waals surface area contributed by atoms with Crippen LogP contribution in [0.3, 0.4) is 0 Å². The molecule has 1 saturated heterocycles. The van der Waals surface area contributed by atoms with Crippen molar-refractivity contribution in [2.24, 2.45) is 0 Å². The van der Waals surface area contributed by atoms with Gasteiger partial charge in [0.1, 0.15) is 5.02 Å². The summed E-state index contributed by atoms with van der Waals surface area (Å²) in [5.41, 5.74) is -0.426. The Morgan fingerprint density at radius 2 is 2.23 bits per heavy atom. The van der Waals surface area contributed by atoms with Crippen LogP contribution in [0.2, 0.25) is 5.02 Å². The molecule has 1 aliphatic heterocycles. The number of hydrogen-bond donors (Lipinski definition) is 1. The minimum atomic E-state index is -0.874. The number of nitrogens with zero attached hydrogens (tertiary/aromatic N) is 2. The number of β-amino-alcohol motifs (C(OH)–C–C–N with tert-alkyl or cyclic N) is 1. The van der Waals surface area contributed by atoms with E-state index in [1.54, 1.807) is 17.9 Å². The quantitative estimate of drug-likeness (QED) is 0.683. The second-order valence-electron chi connectivity index (χ2n) is 5.79. The maximum Gasteiger partial charge on any atom is 0.288 e. The summed E-state index contributed by atoms with van der Waals surface area (Å²) < 4.78 is 0. The summed E-state index contributed by atoms with van der Waals surface area (Å²) in [7, 11) is 0. The Kier molecular flexibility index (Phi) is 4.72. The number of rotatable bonds is 3. The van der Waals surface area contributed by atoms with Crippen LogP contribution in [0.5, 0.6) is 0 Å². The number of hydrogen-bond acceptors (Lipinski definition) is 4. The van der Waals surface area contributed by atoms with Gasteiger partial charge < -0.3 is 10.0 Å². The highest BCUT2D eigenvalue weighted by atomic mass is 35.5. The summed E-state index contributed by atoms with van der Waals surface area (Å²) in [5.74, 6) is -0.311. The number of carbonyl (C=O) groups is 1. The molecular formula is C15H19ClN2O4. The number of carbonyl (C=O) groups excluding carboxylic acids is 1. The normalized spacial score (nSPS) is 21.7. The second-order valence-corrected chi connectivity index (χ2v) is 6.17. The Balaban J connectivity index is 2.32. The molecule has 0 bridgehead atoms. The van der Waals surface area contributed by atoms with Gasteiger partial charge in [-0.1, -0.05) is 18.5 Å². The molecule has 6 nitrogen and oxygen atoms in total. The summed E-state index contributed by atoms with van der Waals surface area (Å²) in [6, 6.07) is 2.76. The lowest BCUT2D eigenvalue weighted by molar-refractivity contribution is -0.384. The molecule has 7 heteroatoms. The molecule has 0 spiro atoms. The van der Waals surface area contributed by atoms with Gasteiger partial charge in [0, 0.05) is 24.7 Å². The van der Waals surface area contributed by atoms with Gasteiger partial charge in [0.25, 0.3) is 11.6 Å². The van der Waals surface area contributed by atoms with Crippen LogP contribution in [0.1, 0.15) is 42.1 Å². The fourth-order valence-corrected chi connectivity index (χ4v) is 2.94. The van der Waals surface area contributed by atoms with Crippen molar-refractivity contribution in [2.45, 2.75) is 38.7 Å². The van der Waals surface area contributed by atoms with Crippen LogP contribution < -0.4 is 0 Å². The average molecular weight is 327 g/mol. The van der Waals surface area contributed by atoms with Gasteiger partial charge in [0.2, 0.25) is 0 Å². The van der Waals surface area contributed by atoms with Gasteiger partial charge in [0.15, 0.2) is 0 Å². The maximum atomic E-state index is 12.6. The van der Waals surface area contributed by atoms with Crippen LogP contribution in [-0.2, 0) is 0 Å². The molecule has 0 aromatic heterocycles.